The van der Waals surface area contributed by atoms with Gasteiger partial charge in [-0.25, -0.2) is 4.79 Å². The van der Waals surface area contributed by atoms with Gasteiger partial charge in [-0.05, 0) is 28.1 Å². The molecule has 0 aromatic carbocycles. The van der Waals surface area contributed by atoms with Crippen LogP contribution in [0.1, 0.15) is 10.4 Å². The fraction of sp³-hybridized carbons (Fsp3) is 0.111. The van der Waals surface area contributed by atoms with Crippen molar-refractivity contribution < 1.29 is 9.90 Å². The number of carboxylic acid groups (broad SMARTS) is 1. The molecule has 2 rings (SSSR count). The Bertz CT molecular complexity index is 518. The molecule has 0 saturated carbocycles. The van der Waals surface area contributed by atoms with Gasteiger partial charge in [-0.2, -0.15) is 5.10 Å². The van der Waals surface area contributed by atoms with Gasteiger partial charge < -0.3 is 5.11 Å². The molecule has 0 aliphatic rings. The fourth-order valence-electron chi connectivity index (χ4n) is 1.27. The largest absolute Gasteiger partial charge is 0.478 e. The van der Waals surface area contributed by atoms with Crippen molar-refractivity contribution in [2.45, 2.75) is 0 Å². The third kappa shape index (κ3) is 1.95. The molecule has 6 heteroatoms. The van der Waals surface area contributed by atoms with E-state index in [1.54, 1.807) is 7.05 Å². The minimum Gasteiger partial charge on any atom is -0.478 e. The van der Waals surface area contributed by atoms with Gasteiger partial charge in [-0.3, -0.25) is 4.68 Å². The van der Waals surface area contributed by atoms with Crippen LogP contribution in [0.15, 0.2) is 22.1 Å². The first-order chi connectivity index (χ1) is 7.08. The van der Waals surface area contributed by atoms with Gasteiger partial charge in [0.25, 0.3) is 0 Å². The molecule has 4 nitrogen and oxygen atoms in total. The maximum absolute atomic E-state index is 11.0. The summed E-state index contributed by atoms with van der Waals surface area (Å²) in [6, 6.07) is 3.73. The predicted molar refractivity (Wildman–Crippen MR) is 61.2 cm³/mol. The van der Waals surface area contributed by atoms with Crippen LogP contribution in [-0.4, -0.2) is 20.9 Å². The zero-order chi connectivity index (χ0) is 11.0. The van der Waals surface area contributed by atoms with E-state index in [0.717, 1.165) is 8.66 Å². The molecule has 0 atom stereocenters. The number of hydrogen-bond donors (Lipinski definition) is 1. The molecule has 2 heterocycles. The minimum absolute atomic E-state index is 0.229. The SMILES string of the molecule is Cn1cc(C(=O)O)c(-c2ccc(Br)s2)n1. The van der Waals surface area contributed by atoms with E-state index in [4.69, 9.17) is 5.11 Å². The highest BCUT2D eigenvalue weighted by Crippen LogP contribution is 2.32. The van der Waals surface area contributed by atoms with Gasteiger partial charge in [0.15, 0.2) is 0 Å². The quantitative estimate of drug-likeness (QED) is 0.923. The Morgan fingerprint density at radius 3 is 2.87 bits per heavy atom. The van der Waals surface area contributed by atoms with Crippen molar-refractivity contribution in [2.75, 3.05) is 0 Å². The van der Waals surface area contributed by atoms with Gasteiger partial charge >= 0.3 is 5.97 Å². The highest BCUT2D eigenvalue weighted by molar-refractivity contribution is 9.11. The molecule has 0 unspecified atom stereocenters. The van der Waals surface area contributed by atoms with Crippen molar-refractivity contribution in [1.82, 2.24) is 9.78 Å². The lowest BCUT2D eigenvalue weighted by Crippen LogP contribution is -1.95. The average molecular weight is 287 g/mol. The summed E-state index contributed by atoms with van der Waals surface area (Å²) in [4.78, 5) is 11.8. The van der Waals surface area contributed by atoms with Crippen molar-refractivity contribution in [3.8, 4) is 10.6 Å². The van der Waals surface area contributed by atoms with Crippen LogP contribution >= 0.6 is 27.3 Å². The topological polar surface area (TPSA) is 55.1 Å². The molecule has 2 aromatic rings. The van der Waals surface area contributed by atoms with E-state index < -0.39 is 5.97 Å². The van der Waals surface area contributed by atoms with Crippen molar-refractivity contribution in [2.24, 2.45) is 7.05 Å². The van der Waals surface area contributed by atoms with Crippen LogP contribution in [0.5, 0.6) is 0 Å². The first-order valence-electron chi connectivity index (χ1n) is 4.10. The number of halogens is 1. The summed E-state index contributed by atoms with van der Waals surface area (Å²) in [7, 11) is 1.71. The first-order valence-corrected chi connectivity index (χ1v) is 5.71. The lowest BCUT2D eigenvalue weighted by Gasteiger charge is -1.92. The maximum Gasteiger partial charge on any atom is 0.339 e. The Kier molecular flexibility index (Phi) is 2.62. The molecule has 2 aromatic heterocycles. The molecule has 0 radical (unpaired) electrons. The van der Waals surface area contributed by atoms with Gasteiger partial charge in [0.05, 0.1) is 8.66 Å². The number of aromatic nitrogens is 2. The predicted octanol–water partition coefficient (Wildman–Crippen LogP) is 2.61. The molecular weight excluding hydrogens is 280 g/mol. The van der Waals surface area contributed by atoms with Crippen LogP contribution < -0.4 is 0 Å². The van der Waals surface area contributed by atoms with Gasteiger partial charge in [-0.1, -0.05) is 0 Å². The standard InChI is InChI=1S/C9H7BrN2O2S/c1-12-4-5(9(13)14)8(11-12)6-2-3-7(10)15-6/h2-4H,1H3,(H,13,14). The zero-order valence-electron chi connectivity index (χ0n) is 7.77. The number of aromatic carboxylic acids is 1. The number of rotatable bonds is 2. The van der Waals surface area contributed by atoms with E-state index in [0.29, 0.717) is 5.69 Å². The normalized spacial score (nSPS) is 10.5. The number of hydrogen-bond acceptors (Lipinski definition) is 3. The second-order valence-electron chi connectivity index (χ2n) is 2.97. The summed E-state index contributed by atoms with van der Waals surface area (Å²) in [6.07, 6.45) is 1.51. The van der Waals surface area contributed by atoms with E-state index >= 15 is 0 Å². The second kappa shape index (κ2) is 3.79. The highest BCUT2D eigenvalue weighted by Gasteiger charge is 2.17. The zero-order valence-corrected chi connectivity index (χ0v) is 10.2. The molecule has 0 spiro atoms. The maximum atomic E-state index is 11.0. The summed E-state index contributed by atoms with van der Waals surface area (Å²) in [5.74, 6) is -0.956. The third-order valence-corrected chi connectivity index (χ3v) is 3.50. The van der Waals surface area contributed by atoms with E-state index in [9.17, 15) is 4.79 Å². The van der Waals surface area contributed by atoms with Crippen LogP contribution in [0, 0.1) is 0 Å². The molecule has 0 aliphatic carbocycles. The molecule has 0 aliphatic heterocycles. The summed E-state index contributed by atoms with van der Waals surface area (Å²) >= 11 is 4.80. The Morgan fingerprint density at radius 2 is 2.33 bits per heavy atom. The second-order valence-corrected chi connectivity index (χ2v) is 5.44. The molecule has 78 valence electrons. The van der Waals surface area contributed by atoms with Gasteiger partial charge in [0, 0.05) is 13.2 Å². The van der Waals surface area contributed by atoms with E-state index in [2.05, 4.69) is 21.0 Å². The summed E-state index contributed by atoms with van der Waals surface area (Å²) in [6.45, 7) is 0. The molecular formula is C9H7BrN2O2S. The van der Waals surface area contributed by atoms with E-state index in [-0.39, 0.29) is 5.56 Å². The first kappa shape index (κ1) is 10.4. The summed E-state index contributed by atoms with van der Waals surface area (Å²) in [5, 5.41) is 13.1. The lowest BCUT2D eigenvalue weighted by molar-refractivity contribution is 0.0697. The van der Waals surface area contributed by atoms with E-state index in [1.807, 2.05) is 12.1 Å². The summed E-state index contributed by atoms with van der Waals surface area (Å²) < 4.78 is 2.46. The monoisotopic (exact) mass is 286 g/mol. The van der Waals surface area contributed by atoms with Crippen molar-refractivity contribution in [3.63, 3.8) is 0 Å². The number of thiophene rings is 1. The Labute approximate surface area is 98.3 Å². The Morgan fingerprint density at radius 1 is 1.60 bits per heavy atom. The fourth-order valence-corrected chi connectivity index (χ4v) is 2.65. The minimum atomic E-state index is -0.956. The van der Waals surface area contributed by atoms with Crippen molar-refractivity contribution >= 4 is 33.2 Å². The molecule has 0 amide bonds. The van der Waals surface area contributed by atoms with Gasteiger partial charge in [0.2, 0.25) is 0 Å². The molecule has 15 heavy (non-hydrogen) atoms. The third-order valence-electron chi connectivity index (χ3n) is 1.87. The molecule has 0 bridgehead atoms. The Hall–Kier alpha value is -1.14. The number of carboxylic acids is 1. The number of carbonyl (C=O) groups is 1. The smallest absolute Gasteiger partial charge is 0.339 e. The summed E-state index contributed by atoms with van der Waals surface area (Å²) in [5.41, 5.74) is 0.743. The van der Waals surface area contributed by atoms with E-state index in [1.165, 1.54) is 22.2 Å². The molecule has 0 saturated heterocycles. The van der Waals surface area contributed by atoms with Gasteiger partial charge in [0.1, 0.15) is 11.3 Å². The number of nitrogens with zero attached hydrogens (tertiary/aromatic N) is 2. The van der Waals surface area contributed by atoms with Crippen LogP contribution in [-0.2, 0) is 7.05 Å². The van der Waals surface area contributed by atoms with Crippen LogP contribution in [0.2, 0.25) is 0 Å². The molecule has 0 fully saturated rings. The van der Waals surface area contributed by atoms with Crippen molar-refractivity contribution in [3.05, 3.63) is 27.7 Å². The molecule has 1 N–H and O–H groups in total. The van der Waals surface area contributed by atoms with Crippen LogP contribution in [0.3, 0.4) is 0 Å². The van der Waals surface area contributed by atoms with Crippen LogP contribution in [0.4, 0.5) is 0 Å². The van der Waals surface area contributed by atoms with Gasteiger partial charge in [-0.15, -0.1) is 11.3 Å². The van der Waals surface area contributed by atoms with Crippen molar-refractivity contribution in [1.29, 1.82) is 0 Å². The number of aryl methyl sites for hydroxylation is 1. The lowest BCUT2D eigenvalue weighted by atomic mass is 10.2. The Balaban J connectivity index is 2.56. The van der Waals surface area contributed by atoms with Crippen LogP contribution in [0.25, 0.3) is 10.6 Å². The highest BCUT2D eigenvalue weighted by atomic mass is 79.9. The average Bonchev–Trinajstić information content (AvgIpc) is 2.71.